The molecule has 0 aliphatic carbocycles. The van der Waals surface area contributed by atoms with Gasteiger partial charge in [-0.3, -0.25) is 0 Å². The second-order valence-electron chi connectivity index (χ2n) is 2.84. The molecule has 0 fully saturated rings. The Labute approximate surface area is 83.3 Å². The Bertz CT molecular complexity index is 290. The fourth-order valence-corrected chi connectivity index (χ4v) is 0.956. The highest BCUT2D eigenvalue weighted by atomic mass is 16.6. The van der Waals surface area contributed by atoms with Crippen LogP contribution in [-0.4, -0.2) is 16.5 Å². The highest BCUT2D eigenvalue weighted by Crippen LogP contribution is 2.16. The number of aromatic hydroxyl groups is 1. The molecule has 0 aliphatic heterocycles. The first-order valence-electron chi connectivity index (χ1n) is 4.53. The van der Waals surface area contributed by atoms with Gasteiger partial charge in [-0.25, -0.2) is 0 Å². The van der Waals surface area contributed by atoms with Crippen LogP contribution in [0.1, 0.15) is 13.3 Å². The number of phenols is 1. The summed E-state index contributed by atoms with van der Waals surface area (Å²) in [5.74, 6) is 0.701. The lowest BCUT2D eigenvalue weighted by Crippen LogP contribution is -2.11. The van der Waals surface area contributed by atoms with E-state index in [1.807, 2.05) is 13.0 Å². The van der Waals surface area contributed by atoms with Gasteiger partial charge in [-0.1, -0.05) is 13.0 Å². The van der Waals surface area contributed by atoms with E-state index < -0.39 is 6.29 Å². The number of aliphatic hydroxyl groups is 1. The summed E-state index contributed by atoms with van der Waals surface area (Å²) in [6.45, 7) is 1.98. The molecule has 76 valence electrons. The van der Waals surface area contributed by atoms with Gasteiger partial charge in [-0.15, -0.1) is 0 Å². The second kappa shape index (κ2) is 5.29. The van der Waals surface area contributed by atoms with E-state index in [1.54, 1.807) is 18.2 Å². The third-order valence-corrected chi connectivity index (χ3v) is 1.63. The fourth-order valence-electron chi connectivity index (χ4n) is 0.956. The summed E-state index contributed by atoms with van der Waals surface area (Å²) in [5.41, 5.74) is 0. The summed E-state index contributed by atoms with van der Waals surface area (Å²) >= 11 is 0. The molecule has 1 rings (SSSR count). The van der Waals surface area contributed by atoms with Gasteiger partial charge in [-0.2, -0.15) is 0 Å². The number of allylic oxidation sites excluding steroid dienone is 1. The van der Waals surface area contributed by atoms with Gasteiger partial charge in [0.05, 0.1) is 0 Å². The summed E-state index contributed by atoms with van der Waals surface area (Å²) < 4.78 is 5.13. The number of benzene rings is 1. The van der Waals surface area contributed by atoms with E-state index in [4.69, 9.17) is 9.84 Å². The Morgan fingerprint density at radius 3 is 2.57 bits per heavy atom. The molecular weight excluding hydrogens is 180 g/mol. The predicted octanol–water partition coefficient (Wildman–Crippen LogP) is 2.06. The van der Waals surface area contributed by atoms with Gasteiger partial charge in [0, 0.05) is 0 Å². The van der Waals surface area contributed by atoms with E-state index in [9.17, 15) is 5.11 Å². The number of hydrogen-bond acceptors (Lipinski definition) is 3. The van der Waals surface area contributed by atoms with Gasteiger partial charge < -0.3 is 14.9 Å². The van der Waals surface area contributed by atoms with Crippen LogP contribution in [0.4, 0.5) is 0 Å². The molecular formula is C11H14O3. The van der Waals surface area contributed by atoms with Crippen LogP contribution in [-0.2, 0) is 0 Å². The maximum Gasteiger partial charge on any atom is 0.217 e. The molecule has 1 unspecified atom stereocenters. The summed E-state index contributed by atoms with van der Waals surface area (Å²) in [7, 11) is 0. The number of hydrogen-bond donors (Lipinski definition) is 2. The smallest absolute Gasteiger partial charge is 0.217 e. The Morgan fingerprint density at radius 2 is 2.00 bits per heavy atom. The molecule has 0 amide bonds. The average molecular weight is 194 g/mol. The zero-order valence-electron chi connectivity index (χ0n) is 8.05. The third-order valence-electron chi connectivity index (χ3n) is 1.63. The van der Waals surface area contributed by atoms with E-state index in [-0.39, 0.29) is 5.75 Å². The molecule has 2 N–H and O–H groups in total. The summed E-state index contributed by atoms with van der Waals surface area (Å²) in [6.07, 6.45) is 3.33. The SMILES string of the molecule is CCC=CC(O)Oc1ccc(O)cc1. The molecule has 0 aliphatic rings. The molecule has 1 atom stereocenters. The van der Waals surface area contributed by atoms with Crippen LogP contribution in [0.5, 0.6) is 11.5 Å². The third kappa shape index (κ3) is 3.49. The molecule has 3 nitrogen and oxygen atoms in total. The first kappa shape index (κ1) is 10.6. The molecule has 0 aromatic heterocycles. The van der Waals surface area contributed by atoms with Gasteiger partial charge >= 0.3 is 0 Å². The van der Waals surface area contributed by atoms with Crippen molar-refractivity contribution in [3.8, 4) is 11.5 Å². The number of phenolic OH excluding ortho intramolecular Hbond substituents is 1. The highest BCUT2D eigenvalue weighted by molar-refractivity contribution is 5.30. The topological polar surface area (TPSA) is 49.7 Å². The highest BCUT2D eigenvalue weighted by Gasteiger charge is 2.00. The van der Waals surface area contributed by atoms with E-state index in [0.29, 0.717) is 5.75 Å². The zero-order chi connectivity index (χ0) is 10.4. The average Bonchev–Trinajstić information content (AvgIpc) is 2.18. The monoisotopic (exact) mass is 194 g/mol. The Balaban J connectivity index is 2.51. The van der Waals surface area contributed by atoms with Gasteiger partial charge in [0.25, 0.3) is 0 Å². The first-order valence-corrected chi connectivity index (χ1v) is 4.53. The number of aliphatic hydroxyl groups excluding tert-OH is 1. The van der Waals surface area contributed by atoms with Gasteiger partial charge in [0.1, 0.15) is 11.5 Å². The van der Waals surface area contributed by atoms with Crippen molar-refractivity contribution in [1.82, 2.24) is 0 Å². The Morgan fingerprint density at radius 1 is 1.36 bits per heavy atom. The van der Waals surface area contributed by atoms with Crippen molar-refractivity contribution in [3.63, 3.8) is 0 Å². The summed E-state index contributed by atoms with van der Waals surface area (Å²) in [4.78, 5) is 0. The van der Waals surface area contributed by atoms with Crippen LogP contribution < -0.4 is 4.74 Å². The quantitative estimate of drug-likeness (QED) is 0.569. The molecule has 0 bridgehead atoms. The Hall–Kier alpha value is -1.48. The Kier molecular flexibility index (Phi) is 4.01. The normalized spacial score (nSPS) is 13.0. The van der Waals surface area contributed by atoms with Crippen molar-refractivity contribution >= 4 is 0 Å². The summed E-state index contributed by atoms with van der Waals surface area (Å²) in [6, 6.07) is 6.20. The van der Waals surface area contributed by atoms with Crippen LogP contribution in [0.25, 0.3) is 0 Å². The maximum atomic E-state index is 9.33. The van der Waals surface area contributed by atoms with Crippen LogP contribution in [0, 0.1) is 0 Å². The predicted molar refractivity (Wildman–Crippen MR) is 54.2 cm³/mol. The fraction of sp³-hybridized carbons (Fsp3) is 0.273. The van der Waals surface area contributed by atoms with Gasteiger partial charge in [0.15, 0.2) is 0 Å². The van der Waals surface area contributed by atoms with E-state index in [0.717, 1.165) is 6.42 Å². The minimum atomic E-state index is -0.931. The van der Waals surface area contributed by atoms with Gasteiger partial charge in [-0.05, 0) is 36.8 Å². The molecule has 1 aromatic carbocycles. The standard InChI is InChI=1S/C11H14O3/c1-2-3-4-11(13)14-10-7-5-9(12)6-8-10/h3-8,11-13H,2H2,1H3. The molecule has 0 saturated carbocycles. The summed E-state index contributed by atoms with van der Waals surface area (Å²) in [5, 5.41) is 18.3. The van der Waals surface area contributed by atoms with Crippen LogP contribution in [0.15, 0.2) is 36.4 Å². The zero-order valence-corrected chi connectivity index (χ0v) is 8.05. The van der Waals surface area contributed by atoms with Crippen LogP contribution in [0.3, 0.4) is 0 Å². The lowest BCUT2D eigenvalue weighted by Gasteiger charge is -2.09. The van der Waals surface area contributed by atoms with Crippen molar-refractivity contribution in [2.24, 2.45) is 0 Å². The van der Waals surface area contributed by atoms with Crippen molar-refractivity contribution < 1.29 is 14.9 Å². The van der Waals surface area contributed by atoms with Crippen molar-refractivity contribution in [1.29, 1.82) is 0 Å². The lowest BCUT2D eigenvalue weighted by atomic mass is 10.3. The van der Waals surface area contributed by atoms with Crippen molar-refractivity contribution in [2.45, 2.75) is 19.6 Å². The van der Waals surface area contributed by atoms with Gasteiger partial charge in [0.2, 0.25) is 6.29 Å². The minimum absolute atomic E-state index is 0.177. The van der Waals surface area contributed by atoms with E-state index >= 15 is 0 Å². The molecule has 0 spiro atoms. The first-order chi connectivity index (χ1) is 6.72. The maximum absolute atomic E-state index is 9.33. The minimum Gasteiger partial charge on any atom is -0.508 e. The molecule has 3 heteroatoms. The molecule has 0 heterocycles. The van der Waals surface area contributed by atoms with Crippen molar-refractivity contribution in [3.05, 3.63) is 36.4 Å². The van der Waals surface area contributed by atoms with Crippen LogP contribution in [0.2, 0.25) is 0 Å². The van der Waals surface area contributed by atoms with E-state index in [1.165, 1.54) is 12.1 Å². The molecule has 1 aromatic rings. The van der Waals surface area contributed by atoms with E-state index in [2.05, 4.69) is 0 Å². The number of rotatable bonds is 4. The molecule has 0 radical (unpaired) electrons. The largest absolute Gasteiger partial charge is 0.508 e. The second-order valence-corrected chi connectivity index (χ2v) is 2.84. The van der Waals surface area contributed by atoms with Crippen molar-refractivity contribution in [2.75, 3.05) is 0 Å². The number of ether oxygens (including phenoxy) is 1. The molecule has 0 saturated heterocycles. The molecule has 14 heavy (non-hydrogen) atoms. The lowest BCUT2D eigenvalue weighted by molar-refractivity contribution is 0.0245. The van der Waals surface area contributed by atoms with Crippen LogP contribution >= 0.6 is 0 Å².